The van der Waals surface area contributed by atoms with E-state index < -0.39 is 0 Å². The molecule has 0 radical (unpaired) electrons. The molecule has 104 valence electrons. The monoisotopic (exact) mass is 288 g/mol. The number of benzene rings is 1. The molecule has 4 heteroatoms. The Hall–Kier alpha value is -1.81. The van der Waals surface area contributed by atoms with E-state index in [1.807, 2.05) is 36.4 Å². The molecule has 1 heterocycles. The third kappa shape index (κ3) is 3.02. The molecule has 2 aromatic rings. The van der Waals surface area contributed by atoms with E-state index in [2.05, 4.69) is 0 Å². The van der Waals surface area contributed by atoms with Crippen LogP contribution in [0.5, 0.6) is 5.75 Å². The van der Waals surface area contributed by atoms with Crippen molar-refractivity contribution in [2.24, 2.45) is 0 Å². The molecule has 1 aliphatic carbocycles. The van der Waals surface area contributed by atoms with E-state index in [4.69, 9.17) is 9.47 Å². The van der Waals surface area contributed by atoms with Gasteiger partial charge in [0.2, 0.25) is 0 Å². The Bertz CT molecular complexity index is 568. The number of carbonyl (C=O) groups excluding carboxylic acids is 1. The highest BCUT2D eigenvalue weighted by molar-refractivity contribution is 7.14. The molecule has 0 amide bonds. The molecule has 0 unspecified atom stereocenters. The van der Waals surface area contributed by atoms with Gasteiger partial charge in [-0.25, -0.2) is 4.79 Å². The van der Waals surface area contributed by atoms with Crippen molar-refractivity contribution in [3.8, 4) is 5.75 Å². The zero-order valence-corrected chi connectivity index (χ0v) is 11.9. The molecular formula is C16H16O3S. The van der Waals surface area contributed by atoms with Crippen LogP contribution in [0.2, 0.25) is 0 Å². The van der Waals surface area contributed by atoms with Crippen LogP contribution in [0.3, 0.4) is 0 Å². The van der Waals surface area contributed by atoms with Crippen LogP contribution in [0.25, 0.3) is 0 Å². The molecule has 0 spiro atoms. The molecule has 20 heavy (non-hydrogen) atoms. The fourth-order valence-electron chi connectivity index (χ4n) is 2.31. The third-order valence-corrected chi connectivity index (χ3v) is 4.49. The summed E-state index contributed by atoms with van der Waals surface area (Å²) in [6, 6.07) is 11.5. The van der Waals surface area contributed by atoms with Gasteiger partial charge in [0.05, 0.1) is 0 Å². The number of para-hydroxylation sites is 1. The SMILES string of the molecule is O=C(OCCOc1ccccc1)c1cc2c(s1)CCC2. The Morgan fingerprint density at radius 3 is 2.80 bits per heavy atom. The maximum Gasteiger partial charge on any atom is 0.348 e. The lowest BCUT2D eigenvalue weighted by atomic mass is 10.2. The molecule has 0 bridgehead atoms. The number of fused-ring (bicyclic) bond motifs is 1. The van der Waals surface area contributed by atoms with Crippen molar-refractivity contribution in [2.45, 2.75) is 19.3 Å². The first-order valence-corrected chi connectivity index (χ1v) is 7.61. The molecule has 0 aliphatic heterocycles. The van der Waals surface area contributed by atoms with Crippen LogP contribution >= 0.6 is 11.3 Å². The van der Waals surface area contributed by atoms with Crippen LogP contribution in [-0.2, 0) is 17.6 Å². The second-order valence-electron chi connectivity index (χ2n) is 4.71. The van der Waals surface area contributed by atoms with Crippen LogP contribution in [0.4, 0.5) is 0 Å². The fraction of sp³-hybridized carbons (Fsp3) is 0.312. The van der Waals surface area contributed by atoms with E-state index in [1.165, 1.54) is 16.9 Å². The molecule has 3 nitrogen and oxygen atoms in total. The average molecular weight is 288 g/mol. The van der Waals surface area contributed by atoms with E-state index >= 15 is 0 Å². The van der Waals surface area contributed by atoms with Crippen molar-refractivity contribution >= 4 is 17.3 Å². The standard InChI is InChI=1S/C16H16O3S/c17-16(15-11-12-5-4-8-14(12)20-15)19-10-9-18-13-6-2-1-3-7-13/h1-3,6-7,11H,4-5,8-10H2. The summed E-state index contributed by atoms with van der Waals surface area (Å²) in [6.07, 6.45) is 3.40. The molecular weight excluding hydrogens is 272 g/mol. The highest BCUT2D eigenvalue weighted by atomic mass is 32.1. The van der Waals surface area contributed by atoms with Crippen LogP contribution < -0.4 is 4.74 Å². The molecule has 1 aromatic carbocycles. The van der Waals surface area contributed by atoms with Gasteiger partial charge in [-0.3, -0.25) is 0 Å². The lowest BCUT2D eigenvalue weighted by Gasteiger charge is -2.06. The van der Waals surface area contributed by atoms with Crippen molar-refractivity contribution in [1.82, 2.24) is 0 Å². The van der Waals surface area contributed by atoms with E-state index in [0.29, 0.717) is 6.61 Å². The summed E-state index contributed by atoms with van der Waals surface area (Å²) in [4.78, 5) is 14.0. The predicted molar refractivity (Wildman–Crippen MR) is 78.6 cm³/mol. The van der Waals surface area contributed by atoms with Gasteiger partial charge >= 0.3 is 5.97 Å². The van der Waals surface area contributed by atoms with Crippen LogP contribution in [0, 0.1) is 0 Å². The minimum atomic E-state index is -0.235. The number of hydrogen-bond donors (Lipinski definition) is 0. The molecule has 0 saturated carbocycles. The van der Waals surface area contributed by atoms with Gasteiger partial charge in [0, 0.05) is 4.88 Å². The summed E-state index contributed by atoms with van der Waals surface area (Å²) in [7, 11) is 0. The predicted octanol–water partition coefficient (Wildman–Crippen LogP) is 3.47. The first-order chi connectivity index (χ1) is 9.83. The van der Waals surface area contributed by atoms with Crippen molar-refractivity contribution in [2.75, 3.05) is 13.2 Å². The Kier molecular flexibility index (Phi) is 4.02. The first kappa shape index (κ1) is 13.2. The smallest absolute Gasteiger partial charge is 0.348 e. The second kappa shape index (κ2) is 6.09. The topological polar surface area (TPSA) is 35.5 Å². The van der Waals surface area contributed by atoms with Gasteiger partial charge in [0.25, 0.3) is 0 Å². The van der Waals surface area contributed by atoms with Crippen LogP contribution in [-0.4, -0.2) is 19.2 Å². The zero-order valence-electron chi connectivity index (χ0n) is 11.1. The summed E-state index contributed by atoms with van der Waals surface area (Å²) in [5.74, 6) is 0.555. The van der Waals surface area contributed by atoms with Crippen molar-refractivity contribution < 1.29 is 14.3 Å². The van der Waals surface area contributed by atoms with Crippen molar-refractivity contribution in [3.63, 3.8) is 0 Å². The minimum absolute atomic E-state index is 0.235. The van der Waals surface area contributed by atoms with E-state index in [1.54, 1.807) is 11.3 Å². The number of aryl methyl sites for hydroxylation is 2. The number of hydrogen-bond acceptors (Lipinski definition) is 4. The lowest BCUT2D eigenvalue weighted by molar-refractivity contribution is 0.0456. The maximum atomic E-state index is 11.9. The zero-order chi connectivity index (χ0) is 13.8. The number of rotatable bonds is 5. The minimum Gasteiger partial charge on any atom is -0.490 e. The van der Waals surface area contributed by atoms with Gasteiger partial charge in [-0.2, -0.15) is 0 Å². The average Bonchev–Trinajstić information content (AvgIpc) is 3.05. The van der Waals surface area contributed by atoms with Crippen LogP contribution in [0.15, 0.2) is 36.4 Å². The molecule has 1 aliphatic rings. The summed E-state index contributed by atoms with van der Waals surface area (Å²) in [5, 5.41) is 0. The summed E-state index contributed by atoms with van der Waals surface area (Å²) < 4.78 is 10.7. The van der Waals surface area contributed by atoms with E-state index in [-0.39, 0.29) is 12.6 Å². The molecule has 0 N–H and O–H groups in total. The number of carbonyl (C=O) groups is 1. The molecule has 1 aromatic heterocycles. The van der Waals surface area contributed by atoms with Crippen molar-refractivity contribution in [3.05, 3.63) is 51.7 Å². The molecule has 0 fully saturated rings. The normalized spacial score (nSPS) is 13.0. The highest BCUT2D eigenvalue weighted by Crippen LogP contribution is 2.30. The van der Waals surface area contributed by atoms with Gasteiger partial charge in [-0.05, 0) is 43.0 Å². The van der Waals surface area contributed by atoms with Gasteiger partial charge in [0.15, 0.2) is 0 Å². The molecule has 3 rings (SSSR count). The van der Waals surface area contributed by atoms with E-state index in [0.717, 1.165) is 23.5 Å². The Labute approximate surface area is 122 Å². The number of esters is 1. The van der Waals surface area contributed by atoms with Gasteiger partial charge < -0.3 is 9.47 Å². The Morgan fingerprint density at radius 2 is 2.00 bits per heavy atom. The second-order valence-corrected chi connectivity index (χ2v) is 5.85. The maximum absolute atomic E-state index is 11.9. The van der Waals surface area contributed by atoms with Gasteiger partial charge in [-0.1, -0.05) is 18.2 Å². The largest absolute Gasteiger partial charge is 0.490 e. The Morgan fingerprint density at radius 1 is 1.15 bits per heavy atom. The fourth-order valence-corrected chi connectivity index (χ4v) is 3.46. The lowest BCUT2D eigenvalue weighted by Crippen LogP contribution is -2.11. The van der Waals surface area contributed by atoms with Crippen molar-refractivity contribution in [1.29, 1.82) is 0 Å². The Balaban J connectivity index is 1.45. The number of ether oxygens (including phenoxy) is 2. The first-order valence-electron chi connectivity index (χ1n) is 6.79. The van der Waals surface area contributed by atoms with Gasteiger partial charge in [-0.15, -0.1) is 11.3 Å². The summed E-state index contributed by atoms with van der Waals surface area (Å²) in [6.45, 7) is 0.650. The summed E-state index contributed by atoms with van der Waals surface area (Å²) >= 11 is 1.57. The van der Waals surface area contributed by atoms with Crippen LogP contribution in [0.1, 0.15) is 26.5 Å². The van der Waals surface area contributed by atoms with E-state index in [9.17, 15) is 4.79 Å². The highest BCUT2D eigenvalue weighted by Gasteiger charge is 2.19. The quantitative estimate of drug-likeness (QED) is 0.624. The summed E-state index contributed by atoms with van der Waals surface area (Å²) in [5.41, 5.74) is 1.32. The van der Waals surface area contributed by atoms with Gasteiger partial charge in [0.1, 0.15) is 23.8 Å². The number of thiophene rings is 1. The third-order valence-electron chi connectivity index (χ3n) is 3.28. The molecule has 0 atom stereocenters. The molecule has 0 saturated heterocycles.